The van der Waals surface area contributed by atoms with Crippen LogP contribution in [-0.4, -0.2) is 54.3 Å². The molecule has 1 saturated heterocycles. The molecule has 0 aliphatic carbocycles. The first-order valence-electron chi connectivity index (χ1n) is 4.76. The van der Waals surface area contributed by atoms with Gasteiger partial charge in [0.25, 0.3) is 0 Å². The van der Waals surface area contributed by atoms with Gasteiger partial charge in [0, 0.05) is 6.04 Å². The molecule has 0 saturated carbocycles. The lowest BCUT2D eigenvalue weighted by molar-refractivity contribution is -0.141. The number of nitrogens with one attached hydrogen (secondary N) is 1. The van der Waals surface area contributed by atoms with Gasteiger partial charge in [-0.2, -0.15) is 0 Å². The lowest BCUT2D eigenvalue weighted by Crippen LogP contribution is -2.40. The number of imide groups is 2. The molecular formula is C9H15N3O3. The highest BCUT2D eigenvalue weighted by molar-refractivity contribution is 6.44. The van der Waals surface area contributed by atoms with Crippen molar-refractivity contribution in [3.8, 4) is 0 Å². The number of carbonyl (C=O) groups excluding carboxylic acids is 3. The van der Waals surface area contributed by atoms with E-state index in [4.69, 9.17) is 0 Å². The van der Waals surface area contributed by atoms with Crippen molar-refractivity contribution in [3.63, 3.8) is 0 Å². The van der Waals surface area contributed by atoms with Gasteiger partial charge in [0.15, 0.2) is 0 Å². The molecule has 0 radical (unpaired) electrons. The summed E-state index contributed by atoms with van der Waals surface area (Å²) in [7, 11) is 3.81. The van der Waals surface area contributed by atoms with Crippen LogP contribution in [0.2, 0.25) is 0 Å². The third-order valence-corrected chi connectivity index (χ3v) is 2.29. The summed E-state index contributed by atoms with van der Waals surface area (Å²) in [6.07, 6.45) is 0.652. The van der Waals surface area contributed by atoms with E-state index in [1.54, 1.807) is 6.92 Å². The van der Waals surface area contributed by atoms with E-state index in [2.05, 4.69) is 0 Å². The molecule has 6 nitrogen and oxygen atoms in total. The number of carbonyl (C=O) groups is 3. The fourth-order valence-corrected chi connectivity index (χ4v) is 1.39. The molecule has 4 amide bonds. The quantitative estimate of drug-likeness (QED) is 0.500. The van der Waals surface area contributed by atoms with Crippen LogP contribution in [0.1, 0.15) is 13.3 Å². The average molecular weight is 213 g/mol. The molecule has 1 rings (SSSR count). The van der Waals surface area contributed by atoms with E-state index in [1.165, 1.54) is 0 Å². The first-order valence-corrected chi connectivity index (χ1v) is 4.76. The van der Waals surface area contributed by atoms with Crippen LogP contribution in [0.4, 0.5) is 4.79 Å². The maximum atomic E-state index is 11.3. The average Bonchev–Trinajstić information content (AvgIpc) is 2.37. The highest BCUT2D eigenvalue weighted by atomic mass is 16.2. The van der Waals surface area contributed by atoms with Gasteiger partial charge in [0.05, 0.1) is 0 Å². The summed E-state index contributed by atoms with van der Waals surface area (Å²) in [5.74, 6) is -1.59. The number of hydrogen-bond donors (Lipinski definition) is 1. The summed E-state index contributed by atoms with van der Waals surface area (Å²) >= 11 is 0. The van der Waals surface area contributed by atoms with E-state index in [0.29, 0.717) is 6.42 Å². The Hall–Kier alpha value is -1.43. The maximum absolute atomic E-state index is 11.3. The summed E-state index contributed by atoms with van der Waals surface area (Å²) < 4.78 is 0. The topological polar surface area (TPSA) is 69.7 Å². The molecule has 1 fully saturated rings. The minimum absolute atomic E-state index is 0.258. The number of rotatable bonds is 4. The smallest absolute Gasteiger partial charge is 0.309 e. The number of hydrogen-bond acceptors (Lipinski definition) is 4. The summed E-state index contributed by atoms with van der Waals surface area (Å²) in [5, 5.41) is 1.97. The largest absolute Gasteiger partial charge is 0.331 e. The Labute approximate surface area is 88.2 Å². The summed E-state index contributed by atoms with van der Waals surface area (Å²) in [4.78, 5) is 36.4. The predicted octanol–water partition coefficient (Wildman–Crippen LogP) is -0.595. The zero-order valence-corrected chi connectivity index (χ0v) is 9.11. The lowest BCUT2D eigenvalue weighted by atomic mass is 10.2. The summed E-state index contributed by atoms with van der Waals surface area (Å²) in [6, 6.07) is -0.873. The molecule has 6 heteroatoms. The van der Waals surface area contributed by atoms with Crippen molar-refractivity contribution in [2.75, 3.05) is 20.6 Å². The van der Waals surface area contributed by atoms with Gasteiger partial charge < -0.3 is 4.90 Å². The summed E-state index contributed by atoms with van der Waals surface area (Å²) in [6.45, 7) is 2.51. The van der Waals surface area contributed by atoms with Gasteiger partial charge in [-0.3, -0.25) is 19.8 Å². The van der Waals surface area contributed by atoms with Gasteiger partial charge in [0.2, 0.25) is 0 Å². The van der Waals surface area contributed by atoms with Crippen LogP contribution in [0.25, 0.3) is 0 Å². The standard InChI is InChI=1S/C9H15N3O3/c1-6(4-5-11(2)3)12-8(14)7(13)10-9(12)15/h6H,4-5H2,1-3H3,(H,10,13,15). The van der Waals surface area contributed by atoms with Gasteiger partial charge in [-0.25, -0.2) is 4.79 Å². The Morgan fingerprint density at radius 2 is 1.93 bits per heavy atom. The van der Waals surface area contributed by atoms with Crippen molar-refractivity contribution in [3.05, 3.63) is 0 Å². The first kappa shape index (κ1) is 11.6. The number of nitrogens with zero attached hydrogens (tertiary/aromatic N) is 2. The van der Waals surface area contributed by atoms with Crippen molar-refractivity contribution in [2.45, 2.75) is 19.4 Å². The zero-order chi connectivity index (χ0) is 11.6. The second kappa shape index (κ2) is 4.39. The van der Waals surface area contributed by atoms with Gasteiger partial charge in [-0.1, -0.05) is 0 Å². The van der Waals surface area contributed by atoms with E-state index < -0.39 is 17.8 Å². The molecule has 84 valence electrons. The second-order valence-electron chi connectivity index (χ2n) is 3.88. The molecule has 1 aliphatic heterocycles. The van der Waals surface area contributed by atoms with Crippen LogP contribution in [0.15, 0.2) is 0 Å². The van der Waals surface area contributed by atoms with Crippen molar-refractivity contribution in [1.29, 1.82) is 0 Å². The Morgan fingerprint density at radius 1 is 1.33 bits per heavy atom. The first-order chi connectivity index (χ1) is 6.93. The highest BCUT2D eigenvalue weighted by Gasteiger charge is 2.39. The fourth-order valence-electron chi connectivity index (χ4n) is 1.39. The van der Waals surface area contributed by atoms with Crippen LogP contribution < -0.4 is 5.32 Å². The molecule has 1 N–H and O–H groups in total. The lowest BCUT2D eigenvalue weighted by Gasteiger charge is -2.21. The Kier molecular flexibility index (Phi) is 3.41. The zero-order valence-electron chi connectivity index (χ0n) is 9.11. The molecule has 0 aromatic rings. The SMILES string of the molecule is CC(CCN(C)C)N1C(=O)NC(=O)C1=O. The minimum atomic E-state index is -0.836. The van der Waals surface area contributed by atoms with Gasteiger partial charge in [-0.15, -0.1) is 0 Å². The molecule has 1 unspecified atom stereocenters. The van der Waals surface area contributed by atoms with E-state index in [-0.39, 0.29) is 6.04 Å². The molecule has 0 aromatic carbocycles. The molecule has 1 heterocycles. The summed E-state index contributed by atoms with van der Waals surface area (Å²) in [5.41, 5.74) is 0. The van der Waals surface area contributed by atoms with E-state index in [0.717, 1.165) is 11.4 Å². The Bertz CT molecular complexity index is 301. The molecule has 1 aliphatic rings. The van der Waals surface area contributed by atoms with Crippen LogP contribution >= 0.6 is 0 Å². The van der Waals surface area contributed by atoms with Crippen LogP contribution in [0.3, 0.4) is 0 Å². The normalized spacial score (nSPS) is 18.7. The molecule has 0 bridgehead atoms. The molecule has 0 aromatic heterocycles. The highest BCUT2D eigenvalue weighted by Crippen LogP contribution is 2.09. The minimum Gasteiger partial charge on any atom is -0.309 e. The third-order valence-electron chi connectivity index (χ3n) is 2.29. The Morgan fingerprint density at radius 3 is 2.33 bits per heavy atom. The molecule has 15 heavy (non-hydrogen) atoms. The van der Waals surface area contributed by atoms with Crippen molar-refractivity contribution in [2.24, 2.45) is 0 Å². The van der Waals surface area contributed by atoms with Crippen molar-refractivity contribution < 1.29 is 14.4 Å². The predicted molar refractivity (Wildman–Crippen MR) is 53.0 cm³/mol. The Balaban J connectivity index is 2.59. The van der Waals surface area contributed by atoms with E-state index in [9.17, 15) is 14.4 Å². The van der Waals surface area contributed by atoms with Crippen LogP contribution in [0, 0.1) is 0 Å². The third kappa shape index (κ3) is 2.53. The molecule has 1 atom stereocenters. The fraction of sp³-hybridized carbons (Fsp3) is 0.667. The second-order valence-corrected chi connectivity index (χ2v) is 3.88. The van der Waals surface area contributed by atoms with Crippen molar-refractivity contribution in [1.82, 2.24) is 15.1 Å². The van der Waals surface area contributed by atoms with Gasteiger partial charge >= 0.3 is 17.8 Å². The monoisotopic (exact) mass is 213 g/mol. The number of urea groups is 1. The van der Waals surface area contributed by atoms with E-state index in [1.807, 2.05) is 24.3 Å². The molecule has 0 spiro atoms. The van der Waals surface area contributed by atoms with Gasteiger partial charge in [-0.05, 0) is 34.0 Å². The van der Waals surface area contributed by atoms with Crippen molar-refractivity contribution >= 4 is 17.8 Å². The van der Waals surface area contributed by atoms with Crippen LogP contribution in [-0.2, 0) is 9.59 Å². The van der Waals surface area contributed by atoms with Crippen LogP contribution in [0.5, 0.6) is 0 Å². The number of amides is 4. The molecular weight excluding hydrogens is 198 g/mol. The maximum Gasteiger partial charge on any atom is 0.331 e. The van der Waals surface area contributed by atoms with Gasteiger partial charge in [0.1, 0.15) is 0 Å². The van der Waals surface area contributed by atoms with E-state index >= 15 is 0 Å².